The van der Waals surface area contributed by atoms with Crippen molar-refractivity contribution in [3.8, 4) is 0 Å². The third-order valence-electron chi connectivity index (χ3n) is 3.23. The van der Waals surface area contributed by atoms with E-state index in [0.29, 0.717) is 13.1 Å². The summed E-state index contributed by atoms with van der Waals surface area (Å²) >= 11 is 0. The first-order chi connectivity index (χ1) is 9.62. The van der Waals surface area contributed by atoms with Gasteiger partial charge in [-0.15, -0.1) is 0 Å². The summed E-state index contributed by atoms with van der Waals surface area (Å²) < 4.78 is 0. The zero-order valence-electron chi connectivity index (χ0n) is 13.1. The average molecular weight is 277 g/mol. The molecule has 20 heavy (non-hydrogen) atoms. The van der Waals surface area contributed by atoms with Gasteiger partial charge in [0, 0.05) is 25.3 Å². The molecule has 0 atom stereocenters. The Labute approximate surface area is 122 Å². The number of hydrogen-bond donors (Lipinski definition) is 2. The van der Waals surface area contributed by atoms with E-state index in [-0.39, 0.29) is 5.91 Å². The molecule has 0 saturated carbocycles. The number of rotatable bonds is 8. The van der Waals surface area contributed by atoms with Gasteiger partial charge in [0.1, 0.15) is 0 Å². The third-order valence-corrected chi connectivity index (χ3v) is 3.23. The second-order valence-corrected chi connectivity index (χ2v) is 4.88. The highest BCUT2D eigenvalue weighted by molar-refractivity contribution is 5.81. The standard InChI is InChI=1S/C16H27N3O/c1-5-17-11-14-10-13(4)8-9-15(14)19(7-3)12-16(20)18-6-2/h8-10,17H,5-7,11-12H2,1-4H3,(H,18,20). The number of nitrogens with zero attached hydrogens (tertiary/aromatic N) is 1. The molecular formula is C16H27N3O. The summed E-state index contributed by atoms with van der Waals surface area (Å²) in [5, 5.41) is 6.22. The van der Waals surface area contributed by atoms with E-state index >= 15 is 0 Å². The molecule has 4 nitrogen and oxygen atoms in total. The topological polar surface area (TPSA) is 44.4 Å². The molecule has 0 bridgehead atoms. The van der Waals surface area contributed by atoms with E-state index in [9.17, 15) is 4.79 Å². The van der Waals surface area contributed by atoms with Gasteiger partial charge in [0.25, 0.3) is 0 Å². The Morgan fingerprint density at radius 3 is 2.55 bits per heavy atom. The number of carbonyl (C=O) groups excluding carboxylic acids is 1. The highest BCUT2D eigenvalue weighted by Crippen LogP contribution is 2.22. The quantitative estimate of drug-likeness (QED) is 0.764. The molecule has 112 valence electrons. The van der Waals surface area contributed by atoms with Gasteiger partial charge >= 0.3 is 0 Å². The summed E-state index contributed by atoms with van der Waals surface area (Å²) in [6.45, 7) is 11.9. The van der Waals surface area contributed by atoms with Crippen LogP contribution in [0.25, 0.3) is 0 Å². The lowest BCUT2D eigenvalue weighted by atomic mass is 10.1. The van der Waals surface area contributed by atoms with Crippen molar-refractivity contribution in [3.05, 3.63) is 29.3 Å². The molecule has 1 rings (SSSR count). The van der Waals surface area contributed by atoms with E-state index in [2.05, 4.69) is 54.5 Å². The van der Waals surface area contributed by atoms with Gasteiger partial charge in [-0.1, -0.05) is 24.6 Å². The van der Waals surface area contributed by atoms with E-state index in [1.807, 2.05) is 6.92 Å². The fraction of sp³-hybridized carbons (Fsp3) is 0.562. The summed E-state index contributed by atoms with van der Waals surface area (Å²) in [7, 11) is 0. The van der Waals surface area contributed by atoms with Crippen molar-refractivity contribution < 1.29 is 4.79 Å². The van der Waals surface area contributed by atoms with Crippen LogP contribution in [0.15, 0.2) is 18.2 Å². The number of aryl methyl sites for hydroxylation is 1. The van der Waals surface area contributed by atoms with Crippen LogP contribution in [0.3, 0.4) is 0 Å². The van der Waals surface area contributed by atoms with Crippen LogP contribution in [0, 0.1) is 6.92 Å². The molecule has 0 spiro atoms. The normalized spacial score (nSPS) is 10.4. The smallest absolute Gasteiger partial charge is 0.239 e. The summed E-state index contributed by atoms with van der Waals surface area (Å²) in [6.07, 6.45) is 0. The van der Waals surface area contributed by atoms with Crippen LogP contribution < -0.4 is 15.5 Å². The van der Waals surface area contributed by atoms with Crippen LogP contribution in [-0.2, 0) is 11.3 Å². The minimum atomic E-state index is 0.0734. The highest BCUT2D eigenvalue weighted by Gasteiger charge is 2.13. The molecule has 0 aliphatic heterocycles. The molecule has 0 saturated heterocycles. The largest absolute Gasteiger partial charge is 0.362 e. The maximum atomic E-state index is 11.8. The first-order valence-electron chi connectivity index (χ1n) is 7.44. The fourth-order valence-electron chi connectivity index (χ4n) is 2.22. The van der Waals surface area contributed by atoms with Gasteiger partial charge < -0.3 is 15.5 Å². The highest BCUT2D eigenvalue weighted by atomic mass is 16.2. The molecule has 4 heteroatoms. The zero-order chi connectivity index (χ0) is 15.0. The van der Waals surface area contributed by atoms with Gasteiger partial charge in [0.05, 0.1) is 6.54 Å². The SMILES string of the molecule is CCNCc1cc(C)ccc1N(CC)CC(=O)NCC. The Morgan fingerprint density at radius 2 is 1.95 bits per heavy atom. The Kier molecular flexibility index (Phi) is 7.09. The molecule has 0 heterocycles. The predicted molar refractivity (Wildman–Crippen MR) is 85.1 cm³/mol. The number of amides is 1. The van der Waals surface area contributed by atoms with Crippen molar-refractivity contribution in [1.29, 1.82) is 0 Å². The van der Waals surface area contributed by atoms with Gasteiger partial charge in [-0.3, -0.25) is 4.79 Å². The van der Waals surface area contributed by atoms with E-state index < -0.39 is 0 Å². The Bertz CT molecular complexity index is 432. The molecule has 1 amide bonds. The van der Waals surface area contributed by atoms with E-state index in [1.165, 1.54) is 11.1 Å². The van der Waals surface area contributed by atoms with Crippen molar-refractivity contribution in [2.75, 3.05) is 31.1 Å². The van der Waals surface area contributed by atoms with Crippen LogP contribution in [0.2, 0.25) is 0 Å². The fourth-order valence-corrected chi connectivity index (χ4v) is 2.22. The van der Waals surface area contributed by atoms with E-state index in [1.54, 1.807) is 0 Å². The molecule has 0 aromatic heterocycles. The number of anilines is 1. The monoisotopic (exact) mass is 277 g/mol. The van der Waals surface area contributed by atoms with Gasteiger partial charge in [-0.25, -0.2) is 0 Å². The molecule has 2 N–H and O–H groups in total. The Morgan fingerprint density at radius 1 is 1.20 bits per heavy atom. The van der Waals surface area contributed by atoms with E-state index in [0.717, 1.165) is 25.3 Å². The maximum Gasteiger partial charge on any atom is 0.239 e. The van der Waals surface area contributed by atoms with Crippen molar-refractivity contribution in [2.24, 2.45) is 0 Å². The van der Waals surface area contributed by atoms with Crippen LogP contribution in [-0.4, -0.2) is 32.1 Å². The summed E-state index contributed by atoms with van der Waals surface area (Å²) in [6, 6.07) is 6.41. The number of carbonyl (C=O) groups is 1. The van der Waals surface area contributed by atoms with Crippen molar-refractivity contribution >= 4 is 11.6 Å². The first-order valence-corrected chi connectivity index (χ1v) is 7.44. The molecular weight excluding hydrogens is 250 g/mol. The van der Waals surface area contributed by atoms with Gasteiger partial charge in [-0.2, -0.15) is 0 Å². The molecule has 0 fully saturated rings. The summed E-state index contributed by atoms with van der Waals surface area (Å²) in [5.74, 6) is 0.0734. The van der Waals surface area contributed by atoms with Crippen LogP contribution in [0.5, 0.6) is 0 Å². The lowest BCUT2D eigenvalue weighted by molar-refractivity contribution is -0.119. The molecule has 0 unspecified atom stereocenters. The maximum absolute atomic E-state index is 11.8. The van der Waals surface area contributed by atoms with Gasteiger partial charge in [-0.05, 0) is 38.9 Å². The Balaban J connectivity index is 2.92. The Hall–Kier alpha value is -1.55. The predicted octanol–water partition coefficient (Wildman–Crippen LogP) is 2.07. The lowest BCUT2D eigenvalue weighted by Gasteiger charge is -2.25. The van der Waals surface area contributed by atoms with Crippen molar-refractivity contribution in [2.45, 2.75) is 34.2 Å². The summed E-state index contributed by atoms with van der Waals surface area (Å²) in [5.41, 5.74) is 3.64. The number of nitrogens with one attached hydrogen (secondary N) is 2. The van der Waals surface area contributed by atoms with Crippen LogP contribution >= 0.6 is 0 Å². The second kappa shape index (κ2) is 8.59. The third kappa shape index (κ3) is 4.85. The molecule has 1 aromatic rings. The molecule has 0 aliphatic rings. The minimum absolute atomic E-state index is 0.0734. The first kappa shape index (κ1) is 16.5. The van der Waals surface area contributed by atoms with E-state index in [4.69, 9.17) is 0 Å². The van der Waals surface area contributed by atoms with Gasteiger partial charge in [0.2, 0.25) is 5.91 Å². The summed E-state index contributed by atoms with van der Waals surface area (Å²) in [4.78, 5) is 13.9. The molecule has 0 radical (unpaired) electrons. The average Bonchev–Trinajstić information content (AvgIpc) is 2.43. The minimum Gasteiger partial charge on any atom is -0.362 e. The van der Waals surface area contributed by atoms with Crippen molar-refractivity contribution in [1.82, 2.24) is 10.6 Å². The molecule has 1 aromatic carbocycles. The number of hydrogen-bond acceptors (Lipinski definition) is 3. The van der Waals surface area contributed by atoms with Crippen LogP contribution in [0.1, 0.15) is 31.9 Å². The zero-order valence-corrected chi connectivity index (χ0v) is 13.1. The van der Waals surface area contributed by atoms with Crippen LogP contribution in [0.4, 0.5) is 5.69 Å². The number of benzene rings is 1. The number of likely N-dealkylation sites (N-methyl/N-ethyl adjacent to an activating group) is 2. The van der Waals surface area contributed by atoms with Crippen molar-refractivity contribution in [3.63, 3.8) is 0 Å². The lowest BCUT2D eigenvalue weighted by Crippen LogP contribution is -2.37. The second-order valence-electron chi connectivity index (χ2n) is 4.88. The molecule has 0 aliphatic carbocycles. The van der Waals surface area contributed by atoms with Gasteiger partial charge in [0.15, 0.2) is 0 Å².